The van der Waals surface area contributed by atoms with Gasteiger partial charge in [-0.15, -0.1) is 0 Å². The maximum absolute atomic E-state index is 13.1. The molecule has 1 unspecified atom stereocenters. The summed E-state index contributed by atoms with van der Waals surface area (Å²) in [4.78, 5) is 14.3. The highest BCUT2D eigenvalue weighted by Gasteiger charge is 2.29. The van der Waals surface area contributed by atoms with Gasteiger partial charge in [0.2, 0.25) is 0 Å². The Balaban J connectivity index is 1.76. The smallest absolute Gasteiger partial charge is 0.267 e. The summed E-state index contributed by atoms with van der Waals surface area (Å²) < 4.78 is 19.3. The SMILES string of the molecule is CC(Oc1ccc(F)cc1Br)C(=O)N1CCc2ccccc21. The van der Waals surface area contributed by atoms with Gasteiger partial charge in [0.25, 0.3) is 5.91 Å². The predicted octanol–water partition coefficient (Wildman–Crippen LogP) is 3.94. The number of hydrogen-bond donors (Lipinski definition) is 0. The van der Waals surface area contributed by atoms with Gasteiger partial charge in [-0.3, -0.25) is 4.79 Å². The van der Waals surface area contributed by atoms with E-state index in [1.807, 2.05) is 24.3 Å². The van der Waals surface area contributed by atoms with Crippen LogP contribution in [0, 0.1) is 5.82 Å². The Bertz CT molecular complexity index is 720. The Morgan fingerprint density at radius 1 is 1.32 bits per heavy atom. The summed E-state index contributed by atoms with van der Waals surface area (Å²) in [6, 6.07) is 12.0. The highest BCUT2D eigenvalue weighted by Crippen LogP contribution is 2.30. The van der Waals surface area contributed by atoms with E-state index in [2.05, 4.69) is 15.9 Å². The highest BCUT2D eigenvalue weighted by atomic mass is 79.9. The van der Waals surface area contributed by atoms with Gasteiger partial charge in [0, 0.05) is 12.2 Å². The first-order valence-electron chi connectivity index (χ1n) is 7.07. The molecule has 0 aromatic heterocycles. The third-order valence-corrected chi connectivity index (χ3v) is 4.32. The van der Waals surface area contributed by atoms with Crippen molar-refractivity contribution in [3.8, 4) is 5.75 Å². The molecule has 0 spiro atoms. The lowest BCUT2D eigenvalue weighted by Gasteiger charge is -2.22. The Hall–Kier alpha value is -1.88. The van der Waals surface area contributed by atoms with Crippen LogP contribution in [0.25, 0.3) is 0 Å². The summed E-state index contributed by atoms with van der Waals surface area (Å²) >= 11 is 3.24. The highest BCUT2D eigenvalue weighted by molar-refractivity contribution is 9.10. The van der Waals surface area contributed by atoms with E-state index in [1.165, 1.54) is 23.8 Å². The number of rotatable bonds is 3. The molecule has 3 nitrogen and oxygen atoms in total. The Kier molecular flexibility index (Phi) is 4.16. The molecule has 5 heteroatoms. The van der Waals surface area contributed by atoms with Gasteiger partial charge in [0.1, 0.15) is 11.6 Å². The van der Waals surface area contributed by atoms with Crippen LogP contribution in [0.5, 0.6) is 5.75 Å². The lowest BCUT2D eigenvalue weighted by atomic mass is 10.2. The van der Waals surface area contributed by atoms with Gasteiger partial charge < -0.3 is 9.64 Å². The zero-order chi connectivity index (χ0) is 15.7. The summed E-state index contributed by atoms with van der Waals surface area (Å²) in [6.45, 7) is 2.37. The lowest BCUT2D eigenvalue weighted by Crippen LogP contribution is -2.39. The topological polar surface area (TPSA) is 29.5 Å². The zero-order valence-corrected chi connectivity index (χ0v) is 13.6. The molecule has 1 atom stereocenters. The fourth-order valence-corrected chi connectivity index (χ4v) is 3.04. The van der Waals surface area contributed by atoms with Crippen molar-refractivity contribution in [1.82, 2.24) is 0 Å². The van der Waals surface area contributed by atoms with Crippen LogP contribution in [-0.2, 0) is 11.2 Å². The molecule has 0 aliphatic carbocycles. The Morgan fingerprint density at radius 2 is 2.09 bits per heavy atom. The minimum absolute atomic E-state index is 0.0961. The van der Waals surface area contributed by atoms with Crippen molar-refractivity contribution in [1.29, 1.82) is 0 Å². The minimum atomic E-state index is -0.645. The standard InChI is InChI=1S/C17H15BrFNO2/c1-11(22-16-7-6-13(19)10-14(16)18)17(21)20-9-8-12-4-2-3-5-15(12)20/h2-7,10-11H,8-9H2,1H3. The first kappa shape index (κ1) is 15.0. The van der Waals surface area contributed by atoms with Crippen LogP contribution in [0.2, 0.25) is 0 Å². The molecule has 1 heterocycles. The van der Waals surface area contributed by atoms with E-state index >= 15 is 0 Å². The number of ether oxygens (including phenoxy) is 1. The first-order valence-corrected chi connectivity index (χ1v) is 7.86. The molecule has 2 aromatic carbocycles. The Morgan fingerprint density at radius 3 is 2.86 bits per heavy atom. The van der Waals surface area contributed by atoms with Crippen LogP contribution in [0.3, 0.4) is 0 Å². The summed E-state index contributed by atoms with van der Waals surface area (Å²) in [7, 11) is 0. The summed E-state index contributed by atoms with van der Waals surface area (Å²) in [5.74, 6) is 0.00239. The van der Waals surface area contributed by atoms with E-state index in [1.54, 1.807) is 11.8 Å². The van der Waals surface area contributed by atoms with E-state index in [9.17, 15) is 9.18 Å². The molecular formula is C17H15BrFNO2. The van der Waals surface area contributed by atoms with Gasteiger partial charge in [0.15, 0.2) is 6.10 Å². The van der Waals surface area contributed by atoms with E-state index in [4.69, 9.17) is 4.74 Å². The molecule has 0 fully saturated rings. The molecule has 1 aliphatic heterocycles. The average Bonchev–Trinajstić information content (AvgIpc) is 2.93. The third-order valence-electron chi connectivity index (χ3n) is 3.70. The molecule has 22 heavy (non-hydrogen) atoms. The second kappa shape index (κ2) is 6.08. The fourth-order valence-electron chi connectivity index (χ4n) is 2.60. The molecule has 0 saturated heterocycles. The number of fused-ring (bicyclic) bond motifs is 1. The molecule has 1 amide bonds. The van der Waals surface area contributed by atoms with Crippen molar-refractivity contribution in [3.63, 3.8) is 0 Å². The average molecular weight is 364 g/mol. The van der Waals surface area contributed by atoms with Crippen molar-refractivity contribution in [2.45, 2.75) is 19.4 Å². The second-order valence-corrected chi connectivity index (χ2v) is 6.06. The van der Waals surface area contributed by atoms with Crippen LogP contribution in [0.15, 0.2) is 46.9 Å². The summed E-state index contributed by atoms with van der Waals surface area (Å²) in [6.07, 6.45) is 0.211. The van der Waals surface area contributed by atoms with Gasteiger partial charge >= 0.3 is 0 Å². The number of carbonyl (C=O) groups is 1. The van der Waals surface area contributed by atoms with E-state index < -0.39 is 6.10 Å². The number of benzene rings is 2. The van der Waals surface area contributed by atoms with Crippen molar-refractivity contribution in [2.75, 3.05) is 11.4 Å². The first-order chi connectivity index (χ1) is 10.6. The number of carbonyl (C=O) groups excluding carboxylic acids is 1. The number of halogens is 2. The third kappa shape index (κ3) is 2.86. The van der Waals surface area contributed by atoms with E-state index in [0.717, 1.165) is 12.1 Å². The molecule has 0 N–H and O–H groups in total. The van der Waals surface area contributed by atoms with Crippen LogP contribution < -0.4 is 9.64 Å². The van der Waals surface area contributed by atoms with Crippen LogP contribution in [0.1, 0.15) is 12.5 Å². The molecule has 0 saturated carbocycles. The van der Waals surface area contributed by atoms with E-state index in [-0.39, 0.29) is 11.7 Å². The van der Waals surface area contributed by atoms with Crippen LogP contribution in [0.4, 0.5) is 10.1 Å². The lowest BCUT2D eigenvalue weighted by molar-refractivity contribution is -0.124. The summed E-state index contributed by atoms with van der Waals surface area (Å²) in [5, 5.41) is 0. The van der Waals surface area contributed by atoms with Crippen molar-refractivity contribution in [2.24, 2.45) is 0 Å². The van der Waals surface area contributed by atoms with Crippen LogP contribution in [-0.4, -0.2) is 18.6 Å². The largest absolute Gasteiger partial charge is 0.480 e. The van der Waals surface area contributed by atoms with Gasteiger partial charge in [-0.2, -0.15) is 0 Å². The van der Waals surface area contributed by atoms with Crippen molar-refractivity contribution < 1.29 is 13.9 Å². The number of hydrogen-bond acceptors (Lipinski definition) is 2. The van der Waals surface area contributed by atoms with Crippen molar-refractivity contribution >= 4 is 27.5 Å². The van der Waals surface area contributed by atoms with Crippen molar-refractivity contribution in [3.05, 3.63) is 58.3 Å². The predicted molar refractivity (Wildman–Crippen MR) is 86.7 cm³/mol. The molecule has 0 radical (unpaired) electrons. The maximum Gasteiger partial charge on any atom is 0.267 e. The number of para-hydroxylation sites is 1. The van der Waals surface area contributed by atoms with E-state index in [0.29, 0.717) is 16.8 Å². The fraction of sp³-hybridized carbons (Fsp3) is 0.235. The minimum Gasteiger partial charge on any atom is -0.480 e. The molecule has 2 aromatic rings. The van der Waals surface area contributed by atoms with Gasteiger partial charge in [-0.05, 0) is 59.1 Å². The molecule has 3 rings (SSSR count). The quantitative estimate of drug-likeness (QED) is 0.826. The molecule has 1 aliphatic rings. The monoisotopic (exact) mass is 363 g/mol. The maximum atomic E-state index is 13.1. The number of anilines is 1. The zero-order valence-electron chi connectivity index (χ0n) is 12.1. The van der Waals surface area contributed by atoms with Gasteiger partial charge in [-0.25, -0.2) is 4.39 Å². The van der Waals surface area contributed by atoms with Crippen LogP contribution >= 0.6 is 15.9 Å². The number of nitrogens with zero attached hydrogens (tertiary/aromatic N) is 1. The normalized spacial score (nSPS) is 14.6. The van der Waals surface area contributed by atoms with Gasteiger partial charge in [0.05, 0.1) is 4.47 Å². The molecule has 0 bridgehead atoms. The summed E-state index contributed by atoms with van der Waals surface area (Å²) in [5.41, 5.74) is 2.12. The van der Waals surface area contributed by atoms with Gasteiger partial charge in [-0.1, -0.05) is 18.2 Å². The molecular weight excluding hydrogens is 349 g/mol. The molecule has 114 valence electrons. The second-order valence-electron chi connectivity index (χ2n) is 5.20. The number of amides is 1. The Labute approximate surface area is 136 Å².